The second-order valence-corrected chi connectivity index (χ2v) is 4.90. The van der Waals surface area contributed by atoms with Crippen LogP contribution in [-0.4, -0.2) is 16.1 Å². The van der Waals surface area contributed by atoms with Crippen LogP contribution in [0.5, 0.6) is 0 Å². The molecule has 0 radical (unpaired) electrons. The maximum atomic E-state index is 10.6. The number of carboxylic acid groups (broad SMARTS) is 1. The fourth-order valence-electron chi connectivity index (χ4n) is 1.51. The summed E-state index contributed by atoms with van der Waals surface area (Å²) in [5, 5.41) is 18.2. The van der Waals surface area contributed by atoms with Crippen molar-refractivity contribution >= 4 is 17.7 Å². The van der Waals surface area contributed by atoms with Gasteiger partial charge in [0.15, 0.2) is 0 Å². The minimum absolute atomic E-state index is 0.0209. The van der Waals surface area contributed by atoms with E-state index in [1.54, 1.807) is 30.5 Å². The van der Waals surface area contributed by atoms with E-state index in [1.165, 1.54) is 11.8 Å². The molecule has 1 N–H and O–H groups in total. The standard InChI is InChI=1S/C14H10N2O2S/c15-9-11-5-6-16-13(7-11)19-12-3-1-10(2-4-12)8-14(17)18/h1-7H,8H2,(H,17,18). The first-order chi connectivity index (χ1) is 9.17. The van der Waals surface area contributed by atoms with Crippen LogP contribution < -0.4 is 0 Å². The van der Waals surface area contributed by atoms with E-state index in [-0.39, 0.29) is 6.42 Å². The number of benzene rings is 1. The molecule has 0 atom stereocenters. The minimum Gasteiger partial charge on any atom is -0.481 e. The second-order valence-electron chi connectivity index (χ2n) is 3.81. The van der Waals surface area contributed by atoms with Gasteiger partial charge in [-0.3, -0.25) is 4.79 Å². The lowest BCUT2D eigenvalue weighted by Gasteiger charge is -2.02. The molecule has 0 saturated carbocycles. The largest absolute Gasteiger partial charge is 0.481 e. The van der Waals surface area contributed by atoms with Crippen molar-refractivity contribution < 1.29 is 9.90 Å². The maximum absolute atomic E-state index is 10.6. The lowest BCUT2D eigenvalue weighted by molar-refractivity contribution is -0.136. The predicted molar refractivity (Wildman–Crippen MR) is 70.9 cm³/mol. The van der Waals surface area contributed by atoms with Crippen molar-refractivity contribution in [1.82, 2.24) is 4.98 Å². The highest BCUT2D eigenvalue weighted by Gasteiger charge is 2.03. The third-order valence-corrected chi connectivity index (χ3v) is 3.31. The highest BCUT2D eigenvalue weighted by molar-refractivity contribution is 7.99. The van der Waals surface area contributed by atoms with E-state index in [0.29, 0.717) is 5.56 Å². The van der Waals surface area contributed by atoms with Gasteiger partial charge in [0.05, 0.1) is 18.1 Å². The van der Waals surface area contributed by atoms with Gasteiger partial charge in [-0.15, -0.1) is 0 Å². The summed E-state index contributed by atoms with van der Waals surface area (Å²) < 4.78 is 0. The van der Waals surface area contributed by atoms with E-state index in [1.807, 2.05) is 12.1 Å². The zero-order valence-electron chi connectivity index (χ0n) is 9.91. The molecular weight excluding hydrogens is 260 g/mol. The van der Waals surface area contributed by atoms with Gasteiger partial charge in [0, 0.05) is 11.1 Å². The van der Waals surface area contributed by atoms with Crippen LogP contribution in [0, 0.1) is 11.3 Å². The molecule has 2 rings (SSSR count). The van der Waals surface area contributed by atoms with Gasteiger partial charge in [0.25, 0.3) is 0 Å². The van der Waals surface area contributed by atoms with Crippen LogP contribution in [0.25, 0.3) is 0 Å². The van der Waals surface area contributed by atoms with Gasteiger partial charge in [0.1, 0.15) is 5.03 Å². The van der Waals surface area contributed by atoms with E-state index in [2.05, 4.69) is 11.1 Å². The number of nitriles is 1. The summed E-state index contributed by atoms with van der Waals surface area (Å²) in [6.07, 6.45) is 1.62. The molecule has 0 fully saturated rings. The summed E-state index contributed by atoms with van der Waals surface area (Å²) in [5.41, 5.74) is 1.33. The lowest BCUT2D eigenvalue weighted by Crippen LogP contribution is -1.99. The van der Waals surface area contributed by atoms with Crippen LogP contribution in [0.4, 0.5) is 0 Å². The van der Waals surface area contributed by atoms with E-state index >= 15 is 0 Å². The zero-order chi connectivity index (χ0) is 13.7. The molecule has 1 aromatic carbocycles. The molecule has 0 aliphatic carbocycles. The number of rotatable bonds is 4. The van der Waals surface area contributed by atoms with Crippen molar-refractivity contribution in [2.45, 2.75) is 16.3 Å². The molecule has 0 saturated heterocycles. The molecule has 0 bridgehead atoms. The Kier molecular flexibility index (Phi) is 4.16. The van der Waals surface area contributed by atoms with Crippen LogP contribution in [0.15, 0.2) is 52.5 Å². The lowest BCUT2D eigenvalue weighted by atomic mass is 10.2. The van der Waals surface area contributed by atoms with Crippen molar-refractivity contribution in [1.29, 1.82) is 5.26 Å². The summed E-state index contributed by atoms with van der Waals surface area (Å²) >= 11 is 1.44. The highest BCUT2D eigenvalue weighted by Crippen LogP contribution is 2.26. The Hall–Kier alpha value is -2.32. The quantitative estimate of drug-likeness (QED) is 0.924. The van der Waals surface area contributed by atoms with E-state index in [0.717, 1.165) is 15.5 Å². The number of carbonyl (C=O) groups is 1. The van der Waals surface area contributed by atoms with Crippen LogP contribution >= 0.6 is 11.8 Å². The first kappa shape index (κ1) is 13.1. The predicted octanol–water partition coefficient (Wildman–Crippen LogP) is 2.73. The Morgan fingerprint density at radius 3 is 2.68 bits per heavy atom. The number of aliphatic carboxylic acids is 1. The average Bonchev–Trinajstić information content (AvgIpc) is 2.41. The summed E-state index contributed by atoms with van der Waals surface area (Å²) in [6.45, 7) is 0. The van der Waals surface area contributed by atoms with Crippen LogP contribution in [-0.2, 0) is 11.2 Å². The van der Waals surface area contributed by atoms with Crippen molar-refractivity contribution in [2.75, 3.05) is 0 Å². The van der Waals surface area contributed by atoms with Crippen molar-refractivity contribution in [3.05, 3.63) is 53.7 Å². The van der Waals surface area contributed by atoms with Gasteiger partial charge in [-0.25, -0.2) is 4.98 Å². The monoisotopic (exact) mass is 270 g/mol. The SMILES string of the molecule is N#Cc1ccnc(Sc2ccc(CC(=O)O)cc2)c1. The van der Waals surface area contributed by atoms with Crippen molar-refractivity contribution in [3.8, 4) is 6.07 Å². The number of hydrogen-bond donors (Lipinski definition) is 1. The van der Waals surface area contributed by atoms with Crippen LogP contribution in [0.3, 0.4) is 0 Å². The van der Waals surface area contributed by atoms with Gasteiger partial charge >= 0.3 is 5.97 Å². The normalized spacial score (nSPS) is 9.84. The number of aromatic nitrogens is 1. The third-order valence-electron chi connectivity index (χ3n) is 2.37. The molecule has 4 nitrogen and oxygen atoms in total. The third kappa shape index (κ3) is 3.83. The fraction of sp³-hybridized carbons (Fsp3) is 0.0714. The molecule has 0 aliphatic heterocycles. The Bertz CT molecular complexity index is 633. The Labute approximate surface area is 114 Å². The smallest absolute Gasteiger partial charge is 0.307 e. The topological polar surface area (TPSA) is 74.0 Å². The maximum Gasteiger partial charge on any atom is 0.307 e. The number of nitrogens with zero attached hydrogens (tertiary/aromatic N) is 2. The summed E-state index contributed by atoms with van der Waals surface area (Å²) in [4.78, 5) is 15.7. The van der Waals surface area contributed by atoms with E-state index in [4.69, 9.17) is 10.4 Å². The Morgan fingerprint density at radius 2 is 2.05 bits per heavy atom. The molecule has 0 amide bonds. The van der Waals surface area contributed by atoms with Crippen molar-refractivity contribution in [2.24, 2.45) is 0 Å². The Balaban J connectivity index is 2.11. The van der Waals surface area contributed by atoms with Crippen molar-refractivity contribution in [3.63, 3.8) is 0 Å². The number of hydrogen-bond acceptors (Lipinski definition) is 4. The molecule has 19 heavy (non-hydrogen) atoms. The summed E-state index contributed by atoms with van der Waals surface area (Å²) in [6, 6.07) is 12.7. The molecule has 0 aliphatic rings. The second kappa shape index (κ2) is 6.03. The molecule has 1 heterocycles. The summed E-state index contributed by atoms with van der Waals surface area (Å²) in [7, 11) is 0. The fourth-order valence-corrected chi connectivity index (χ4v) is 2.32. The highest BCUT2D eigenvalue weighted by atomic mass is 32.2. The molecule has 2 aromatic rings. The molecule has 94 valence electrons. The molecule has 1 aromatic heterocycles. The molecule has 5 heteroatoms. The molecule has 0 unspecified atom stereocenters. The van der Waals surface area contributed by atoms with E-state index in [9.17, 15) is 4.79 Å². The van der Waals surface area contributed by atoms with Gasteiger partial charge < -0.3 is 5.11 Å². The van der Waals surface area contributed by atoms with E-state index < -0.39 is 5.97 Å². The molecular formula is C14H10N2O2S. The average molecular weight is 270 g/mol. The van der Waals surface area contributed by atoms with Gasteiger partial charge in [-0.2, -0.15) is 5.26 Å². The van der Waals surface area contributed by atoms with Crippen LogP contribution in [0.2, 0.25) is 0 Å². The number of pyridine rings is 1. The first-order valence-corrected chi connectivity index (χ1v) is 6.34. The summed E-state index contributed by atoms with van der Waals surface area (Å²) in [5.74, 6) is -0.844. The minimum atomic E-state index is -0.844. The van der Waals surface area contributed by atoms with Gasteiger partial charge in [-0.05, 0) is 29.8 Å². The number of carboxylic acids is 1. The zero-order valence-corrected chi connectivity index (χ0v) is 10.7. The van der Waals surface area contributed by atoms with Crippen LogP contribution in [0.1, 0.15) is 11.1 Å². The Morgan fingerprint density at radius 1 is 1.32 bits per heavy atom. The first-order valence-electron chi connectivity index (χ1n) is 5.52. The molecule has 0 spiro atoms. The van der Waals surface area contributed by atoms with Gasteiger partial charge in [-0.1, -0.05) is 23.9 Å². The van der Waals surface area contributed by atoms with Gasteiger partial charge in [0.2, 0.25) is 0 Å².